The van der Waals surface area contributed by atoms with E-state index in [-0.39, 0.29) is 44.9 Å². The first-order chi connectivity index (χ1) is 11.4. The minimum absolute atomic E-state index is 0.0211. The molecule has 1 amide bonds. The molecule has 0 saturated carbocycles. The average molecular weight is 403 g/mol. The minimum Gasteiger partial charge on any atom is -0.413 e. The van der Waals surface area contributed by atoms with Crippen LogP contribution in [-0.2, 0) is 14.0 Å². The second kappa shape index (κ2) is 6.26. The maximum absolute atomic E-state index is 13.0. The maximum Gasteiger partial charge on any atom is 0.228 e. The highest BCUT2D eigenvalue weighted by atomic mass is 32.2. The van der Waals surface area contributed by atoms with Gasteiger partial charge >= 0.3 is 0 Å². The lowest BCUT2D eigenvalue weighted by Gasteiger charge is -2.47. The van der Waals surface area contributed by atoms with Crippen LogP contribution in [0, 0.1) is 11.8 Å². The molecule has 5 nitrogen and oxygen atoms in total. The quantitative estimate of drug-likeness (QED) is 0.319. The molecule has 0 aromatic heterocycles. The van der Waals surface area contributed by atoms with Gasteiger partial charge in [0.1, 0.15) is 0 Å². The summed E-state index contributed by atoms with van der Waals surface area (Å²) in [5.74, 6) is 0.864. The molecule has 1 N–H and O–H groups in total. The van der Waals surface area contributed by atoms with Gasteiger partial charge in [-0.1, -0.05) is 27.7 Å². The minimum atomic E-state index is -1.95. The van der Waals surface area contributed by atoms with Crippen molar-refractivity contribution in [3.05, 3.63) is 0 Å². The van der Waals surface area contributed by atoms with E-state index in [0.29, 0.717) is 0 Å². The number of nitrogens with one attached hydrogen (secondary N) is 1. The average Bonchev–Trinajstić information content (AvgIpc) is 3.03. The number of amides is 1. The smallest absolute Gasteiger partial charge is 0.228 e. The molecule has 0 aliphatic carbocycles. The predicted octanol–water partition coefficient (Wildman–Crippen LogP) is 3.08. The van der Waals surface area contributed by atoms with E-state index >= 15 is 0 Å². The van der Waals surface area contributed by atoms with Crippen LogP contribution in [0.3, 0.4) is 0 Å². The van der Waals surface area contributed by atoms with Crippen LogP contribution >= 0.6 is 23.7 Å². The highest BCUT2D eigenvalue weighted by Gasteiger charge is 2.66. The first-order valence-corrected chi connectivity index (χ1v) is 13.7. The Morgan fingerprint density at radius 2 is 2.04 bits per heavy atom. The summed E-state index contributed by atoms with van der Waals surface area (Å²) in [6.07, 6.45) is -0.161. The summed E-state index contributed by atoms with van der Waals surface area (Å²) < 4.78 is 8.24. The van der Waals surface area contributed by atoms with Crippen LogP contribution < -0.4 is 5.32 Å². The highest BCUT2D eigenvalue weighted by molar-refractivity contribution is 8.24. The number of rotatable bonds is 6. The second-order valence-electron chi connectivity index (χ2n) is 8.92. The first-order valence-electron chi connectivity index (χ1n) is 9.04. The largest absolute Gasteiger partial charge is 0.413 e. The normalized spacial score (nSPS) is 36.9. The van der Waals surface area contributed by atoms with Crippen LogP contribution in [-0.4, -0.2) is 53.0 Å². The van der Waals surface area contributed by atoms with E-state index in [1.165, 1.54) is 0 Å². The van der Waals surface area contributed by atoms with Crippen LogP contribution in [0.2, 0.25) is 18.1 Å². The monoisotopic (exact) mass is 402 g/mol. The van der Waals surface area contributed by atoms with Crippen molar-refractivity contribution in [2.45, 2.75) is 69.1 Å². The fourth-order valence-electron chi connectivity index (χ4n) is 3.45. The zero-order valence-corrected chi connectivity index (χ0v) is 18.8. The van der Waals surface area contributed by atoms with E-state index in [1.807, 2.05) is 13.8 Å². The molecule has 8 heteroatoms. The van der Waals surface area contributed by atoms with Crippen LogP contribution in [0.4, 0.5) is 0 Å². The third kappa shape index (κ3) is 3.22. The molecular formula is C17H30N2O3S2Si. The van der Waals surface area contributed by atoms with Gasteiger partial charge in [0.15, 0.2) is 18.3 Å². The lowest BCUT2D eigenvalue weighted by molar-refractivity contribution is -0.144. The van der Waals surface area contributed by atoms with Gasteiger partial charge in [-0.2, -0.15) is 0 Å². The Kier molecular flexibility index (Phi) is 4.94. The molecule has 3 saturated heterocycles. The molecule has 3 aliphatic rings. The van der Waals surface area contributed by atoms with Crippen molar-refractivity contribution in [1.82, 2.24) is 9.62 Å². The SMILES string of the molecule is C[C@@H](O[Si](C)(C)C(C)(C)C)[C@H]1C(=O)N[C@H]1[C@@H](C)C(=O)C12SCCN1S2. The summed E-state index contributed by atoms with van der Waals surface area (Å²) in [5, 5.41) is 3.08. The summed E-state index contributed by atoms with van der Waals surface area (Å²) in [7, 11) is -1.95. The van der Waals surface area contributed by atoms with Crippen molar-refractivity contribution in [3.63, 3.8) is 0 Å². The molecule has 3 fully saturated rings. The van der Waals surface area contributed by atoms with Gasteiger partial charge in [-0.25, -0.2) is 4.31 Å². The number of β-lactam (4-membered cyclic amide) rings is 1. The summed E-state index contributed by atoms with van der Waals surface area (Å²) in [4.78, 5) is 25.2. The number of thioether (sulfide) groups is 1. The molecule has 142 valence electrons. The molecule has 0 aromatic rings. The van der Waals surface area contributed by atoms with Crippen molar-refractivity contribution < 1.29 is 14.0 Å². The molecule has 2 unspecified atom stereocenters. The van der Waals surface area contributed by atoms with E-state index in [1.54, 1.807) is 23.7 Å². The lowest BCUT2D eigenvalue weighted by atomic mass is 9.77. The van der Waals surface area contributed by atoms with Gasteiger partial charge in [-0.05, 0) is 37.0 Å². The van der Waals surface area contributed by atoms with Crippen molar-refractivity contribution in [3.8, 4) is 0 Å². The predicted molar refractivity (Wildman–Crippen MR) is 107 cm³/mol. The van der Waals surface area contributed by atoms with Crippen molar-refractivity contribution in [2.24, 2.45) is 11.8 Å². The second-order valence-corrected chi connectivity index (χ2v) is 16.4. The molecule has 6 atom stereocenters. The molecule has 3 heterocycles. The van der Waals surface area contributed by atoms with Crippen molar-refractivity contribution in [1.29, 1.82) is 0 Å². The van der Waals surface area contributed by atoms with Crippen LogP contribution in [0.1, 0.15) is 34.6 Å². The summed E-state index contributed by atoms with van der Waals surface area (Å²) >= 11 is 3.38. The van der Waals surface area contributed by atoms with E-state index < -0.39 is 8.32 Å². The molecule has 0 radical (unpaired) electrons. The standard InChI is InChI=1S/C17H30N2O3S2Si/c1-10(14(20)17-19(24-17)8-9-23-17)13-12(15(21)18-13)11(2)22-25(6,7)16(3,4)5/h10-13H,8-9H2,1-7H3,(H,18,21)/t10-,11-,12-,13+,17?,19?/m1/s1. The molecule has 0 bridgehead atoms. The zero-order valence-electron chi connectivity index (χ0n) is 16.2. The topological polar surface area (TPSA) is 58.4 Å². The maximum atomic E-state index is 13.0. The Balaban J connectivity index is 1.67. The Bertz CT molecular complexity index is 595. The highest BCUT2D eigenvalue weighted by Crippen LogP contribution is 2.64. The summed E-state index contributed by atoms with van der Waals surface area (Å²) in [6, 6.07) is -0.113. The van der Waals surface area contributed by atoms with Crippen molar-refractivity contribution >= 4 is 43.7 Å². The third-order valence-corrected chi connectivity index (χ3v) is 13.8. The number of ketones is 1. The number of hydrogen-bond donors (Lipinski definition) is 1. The van der Waals surface area contributed by atoms with Gasteiger partial charge in [0.2, 0.25) is 5.91 Å². The number of carbonyl (C=O) groups is 2. The molecule has 25 heavy (non-hydrogen) atoms. The van der Waals surface area contributed by atoms with Crippen LogP contribution in [0.25, 0.3) is 0 Å². The Hall–Kier alpha value is -0.0231. The van der Waals surface area contributed by atoms with Gasteiger partial charge < -0.3 is 9.74 Å². The molecular weight excluding hydrogens is 372 g/mol. The molecule has 0 spiro atoms. The molecule has 3 rings (SSSR count). The summed E-state index contributed by atoms with van der Waals surface area (Å²) in [5.41, 5.74) is 0. The van der Waals surface area contributed by atoms with Gasteiger partial charge in [0.05, 0.1) is 18.1 Å². The molecule has 3 aliphatic heterocycles. The number of hydrogen-bond acceptors (Lipinski definition) is 6. The van der Waals surface area contributed by atoms with E-state index in [2.05, 4.69) is 43.5 Å². The zero-order chi connectivity index (χ0) is 18.8. The third-order valence-electron chi connectivity index (χ3n) is 6.18. The first kappa shape index (κ1) is 19.7. The van der Waals surface area contributed by atoms with Gasteiger partial charge in [-0.3, -0.25) is 9.59 Å². The Morgan fingerprint density at radius 1 is 1.40 bits per heavy atom. The van der Waals surface area contributed by atoms with Gasteiger partial charge in [0.25, 0.3) is 0 Å². The van der Waals surface area contributed by atoms with E-state index in [4.69, 9.17) is 4.43 Å². The van der Waals surface area contributed by atoms with Crippen molar-refractivity contribution in [2.75, 3.05) is 12.3 Å². The van der Waals surface area contributed by atoms with E-state index in [9.17, 15) is 9.59 Å². The number of fused-ring (bicyclic) bond motifs is 1. The van der Waals surface area contributed by atoms with Gasteiger partial charge in [0, 0.05) is 18.2 Å². The van der Waals surface area contributed by atoms with Gasteiger partial charge in [-0.15, -0.1) is 11.8 Å². The fraction of sp³-hybridized carbons (Fsp3) is 0.882. The Labute approximate surface area is 160 Å². The lowest BCUT2D eigenvalue weighted by Crippen LogP contribution is -2.67. The summed E-state index contributed by atoms with van der Waals surface area (Å²) in [6.45, 7) is 15.9. The molecule has 0 aromatic carbocycles. The van der Waals surface area contributed by atoms with Crippen LogP contribution in [0.15, 0.2) is 0 Å². The Morgan fingerprint density at radius 3 is 2.48 bits per heavy atom. The fourth-order valence-corrected chi connectivity index (χ4v) is 7.90. The van der Waals surface area contributed by atoms with Crippen LogP contribution in [0.5, 0.6) is 0 Å². The number of nitrogens with zero attached hydrogens (tertiary/aromatic N) is 1. The number of Topliss-reactive ketones (excluding diaryl/α,β-unsaturated/α-hetero) is 1. The number of carbonyl (C=O) groups excluding carboxylic acids is 2. The van der Waals surface area contributed by atoms with E-state index in [0.717, 1.165) is 12.3 Å².